The van der Waals surface area contributed by atoms with Crippen LogP contribution >= 0.6 is 15.9 Å². The van der Waals surface area contributed by atoms with Gasteiger partial charge >= 0.3 is 0 Å². The van der Waals surface area contributed by atoms with Crippen molar-refractivity contribution in [1.82, 2.24) is 4.90 Å². The smallest absolute Gasteiger partial charge is 0.295 e. The number of Topliss-reactive ketones (excluding diaryl/α,β-unsaturated/α-hetero) is 1. The number of carbonyl (C=O) groups is 2. The van der Waals surface area contributed by atoms with Crippen LogP contribution < -0.4 is 0 Å². The van der Waals surface area contributed by atoms with Crippen LogP contribution in [0.3, 0.4) is 0 Å². The topological polar surface area (TPSA) is 77.8 Å². The minimum Gasteiger partial charge on any atom is -0.507 e. The molecule has 2 aromatic rings. The standard InChI is InChI=1S/C19H15BrFNO4/c20-13-5-1-11(2-6-13)16-15(18(25)19(26)22(16)9-10-23)17(24)12-3-7-14(21)8-4-12/h1-8,16,23-24H,9-10H2/b17-15+. The summed E-state index contributed by atoms with van der Waals surface area (Å²) in [5, 5.41) is 19.9. The van der Waals surface area contributed by atoms with Crippen molar-refractivity contribution in [3.8, 4) is 0 Å². The Morgan fingerprint density at radius 2 is 1.69 bits per heavy atom. The summed E-state index contributed by atoms with van der Waals surface area (Å²) in [5.41, 5.74) is 0.761. The monoisotopic (exact) mass is 419 g/mol. The number of rotatable bonds is 4. The number of hydrogen-bond donors (Lipinski definition) is 2. The Balaban J connectivity index is 2.17. The van der Waals surface area contributed by atoms with E-state index >= 15 is 0 Å². The lowest BCUT2D eigenvalue weighted by Gasteiger charge is -2.24. The average molecular weight is 420 g/mol. The maximum Gasteiger partial charge on any atom is 0.295 e. The second kappa shape index (κ2) is 7.39. The molecule has 26 heavy (non-hydrogen) atoms. The van der Waals surface area contributed by atoms with Crippen molar-refractivity contribution in [3.63, 3.8) is 0 Å². The Hall–Kier alpha value is -2.51. The van der Waals surface area contributed by atoms with Crippen LogP contribution in [0.25, 0.3) is 5.76 Å². The van der Waals surface area contributed by atoms with E-state index in [-0.39, 0.29) is 30.0 Å². The first kappa shape index (κ1) is 18.3. The molecule has 0 aromatic heterocycles. The SMILES string of the molecule is O=C1C(=O)N(CCO)C(c2ccc(Br)cc2)/C1=C(\O)c1ccc(F)cc1. The number of aliphatic hydroxyl groups excluding tert-OH is 2. The Labute approximate surface area is 157 Å². The van der Waals surface area contributed by atoms with Crippen molar-refractivity contribution in [3.05, 3.63) is 75.5 Å². The van der Waals surface area contributed by atoms with E-state index in [0.717, 1.165) is 16.6 Å². The van der Waals surface area contributed by atoms with E-state index in [0.29, 0.717) is 5.56 Å². The molecular weight excluding hydrogens is 405 g/mol. The number of carbonyl (C=O) groups excluding carboxylic acids is 2. The molecule has 1 aliphatic heterocycles. The number of ketones is 1. The number of amides is 1. The molecule has 0 spiro atoms. The van der Waals surface area contributed by atoms with Crippen molar-refractivity contribution in [2.45, 2.75) is 6.04 Å². The van der Waals surface area contributed by atoms with Gasteiger partial charge in [-0.25, -0.2) is 4.39 Å². The lowest BCUT2D eigenvalue weighted by atomic mass is 9.95. The Kier molecular flexibility index (Phi) is 5.20. The van der Waals surface area contributed by atoms with Crippen molar-refractivity contribution in [2.24, 2.45) is 0 Å². The molecule has 2 N–H and O–H groups in total. The average Bonchev–Trinajstić information content (AvgIpc) is 2.88. The minimum absolute atomic E-state index is 0.0501. The quantitative estimate of drug-likeness (QED) is 0.453. The van der Waals surface area contributed by atoms with E-state index in [1.807, 2.05) is 0 Å². The molecule has 1 saturated heterocycles. The molecule has 1 aliphatic rings. The highest BCUT2D eigenvalue weighted by molar-refractivity contribution is 9.10. The van der Waals surface area contributed by atoms with Gasteiger partial charge in [0.05, 0.1) is 18.2 Å². The first-order chi connectivity index (χ1) is 12.4. The fourth-order valence-corrected chi connectivity index (χ4v) is 3.24. The van der Waals surface area contributed by atoms with Gasteiger partial charge in [-0.15, -0.1) is 0 Å². The first-order valence-electron chi connectivity index (χ1n) is 7.84. The van der Waals surface area contributed by atoms with Crippen molar-refractivity contribution in [2.75, 3.05) is 13.2 Å². The molecule has 5 nitrogen and oxygen atoms in total. The van der Waals surface area contributed by atoms with Crippen LogP contribution in [-0.2, 0) is 9.59 Å². The zero-order chi connectivity index (χ0) is 18.8. The maximum absolute atomic E-state index is 13.1. The van der Waals surface area contributed by atoms with Gasteiger partial charge in [-0.05, 0) is 42.0 Å². The third kappa shape index (κ3) is 3.27. The maximum atomic E-state index is 13.1. The van der Waals surface area contributed by atoms with Crippen LogP contribution in [0.5, 0.6) is 0 Å². The van der Waals surface area contributed by atoms with Gasteiger partial charge in [0.25, 0.3) is 11.7 Å². The van der Waals surface area contributed by atoms with Crippen LogP contribution in [0.4, 0.5) is 4.39 Å². The lowest BCUT2D eigenvalue weighted by molar-refractivity contribution is -0.140. The van der Waals surface area contributed by atoms with Gasteiger partial charge < -0.3 is 15.1 Å². The highest BCUT2D eigenvalue weighted by Gasteiger charge is 2.45. The van der Waals surface area contributed by atoms with Crippen LogP contribution in [0.2, 0.25) is 0 Å². The number of hydrogen-bond acceptors (Lipinski definition) is 4. The molecule has 1 amide bonds. The minimum atomic E-state index is -0.840. The Bertz CT molecular complexity index is 877. The van der Waals surface area contributed by atoms with Gasteiger partial charge in [0.1, 0.15) is 11.6 Å². The number of aliphatic hydroxyl groups is 2. The van der Waals surface area contributed by atoms with Crippen LogP contribution in [0, 0.1) is 5.82 Å². The highest BCUT2D eigenvalue weighted by Crippen LogP contribution is 2.39. The largest absolute Gasteiger partial charge is 0.507 e. The molecule has 0 saturated carbocycles. The molecule has 1 heterocycles. The molecule has 1 unspecified atom stereocenters. The zero-order valence-corrected chi connectivity index (χ0v) is 15.1. The van der Waals surface area contributed by atoms with Crippen molar-refractivity contribution >= 4 is 33.4 Å². The summed E-state index contributed by atoms with van der Waals surface area (Å²) < 4.78 is 14.0. The molecule has 0 aliphatic carbocycles. The molecule has 1 atom stereocenters. The van der Waals surface area contributed by atoms with Crippen LogP contribution in [-0.4, -0.2) is 40.0 Å². The number of benzene rings is 2. The number of β-amino-alcohol motifs (C(OH)–C–C–N with tert-alkyl or cyclic N) is 1. The van der Waals surface area contributed by atoms with E-state index in [4.69, 9.17) is 0 Å². The van der Waals surface area contributed by atoms with Gasteiger partial charge in [-0.1, -0.05) is 28.1 Å². The third-order valence-electron chi connectivity index (χ3n) is 4.18. The summed E-state index contributed by atoms with van der Waals surface area (Å²) in [6.07, 6.45) is 0. The zero-order valence-electron chi connectivity index (χ0n) is 13.5. The van der Waals surface area contributed by atoms with E-state index in [1.165, 1.54) is 17.0 Å². The van der Waals surface area contributed by atoms with E-state index in [9.17, 15) is 24.2 Å². The van der Waals surface area contributed by atoms with E-state index in [1.54, 1.807) is 24.3 Å². The summed E-state index contributed by atoms with van der Waals surface area (Å²) in [6.45, 7) is -0.373. The third-order valence-corrected chi connectivity index (χ3v) is 4.71. The van der Waals surface area contributed by atoms with E-state index in [2.05, 4.69) is 15.9 Å². The van der Waals surface area contributed by atoms with Gasteiger partial charge in [0, 0.05) is 16.6 Å². The fraction of sp³-hybridized carbons (Fsp3) is 0.158. The fourth-order valence-electron chi connectivity index (χ4n) is 2.97. The molecule has 0 bridgehead atoms. The predicted octanol–water partition coefficient (Wildman–Crippen LogP) is 3.00. The highest BCUT2D eigenvalue weighted by atomic mass is 79.9. The van der Waals surface area contributed by atoms with Gasteiger partial charge in [-0.2, -0.15) is 0 Å². The summed E-state index contributed by atoms with van der Waals surface area (Å²) in [7, 11) is 0. The molecule has 1 fully saturated rings. The molecule has 2 aromatic carbocycles. The van der Waals surface area contributed by atoms with Gasteiger partial charge in [0.2, 0.25) is 0 Å². The van der Waals surface area contributed by atoms with Crippen molar-refractivity contribution in [1.29, 1.82) is 0 Å². The van der Waals surface area contributed by atoms with Gasteiger partial charge in [-0.3, -0.25) is 9.59 Å². The summed E-state index contributed by atoms with van der Waals surface area (Å²) >= 11 is 3.33. The molecule has 3 rings (SSSR count). The summed E-state index contributed by atoms with van der Waals surface area (Å²) in [5.74, 6) is -2.49. The summed E-state index contributed by atoms with van der Waals surface area (Å²) in [6, 6.07) is 11.1. The lowest BCUT2D eigenvalue weighted by Crippen LogP contribution is -2.32. The van der Waals surface area contributed by atoms with Crippen molar-refractivity contribution < 1.29 is 24.2 Å². The summed E-state index contributed by atoms with van der Waals surface area (Å²) in [4.78, 5) is 26.2. The Morgan fingerprint density at radius 3 is 2.27 bits per heavy atom. The normalized spacial score (nSPS) is 19.2. The number of halogens is 2. The molecule has 134 valence electrons. The number of nitrogens with zero attached hydrogens (tertiary/aromatic N) is 1. The molecule has 0 radical (unpaired) electrons. The van der Waals surface area contributed by atoms with Crippen LogP contribution in [0.15, 0.2) is 58.6 Å². The van der Waals surface area contributed by atoms with E-state index < -0.39 is 23.5 Å². The molecular formula is C19H15BrFNO4. The van der Waals surface area contributed by atoms with Gasteiger partial charge in [0.15, 0.2) is 0 Å². The second-order valence-corrected chi connectivity index (χ2v) is 6.69. The Morgan fingerprint density at radius 1 is 1.08 bits per heavy atom. The second-order valence-electron chi connectivity index (χ2n) is 5.77. The number of likely N-dealkylation sites (tertiary alicyclic amines) is 1. The molecule has 7 heteroatoms. The predicted molar refractivity (Wildman–Crippen MR) is 96.6 cm³/mol. The first-order valence-corrected chi connectivity index (χ1v) is 8.64. The van der Waals surface area contributed by atoms with Crippen LogP contribution in [0.1, 0.15) is 17.2 Å².